The summed E-state index contributed by atoms with van der Waals surface area (Å²) < 4.78 is 0. The maximum Gasteiger partial charge on any atom is 0.269 e. The van der Waals surface area contributed by atoms with Crippen LogP contribution in [0.25, 0.3) is 0 Å². The summed E-state index contributed by atoms with van der Waals surface area (Å²) in [7, 11) is 0. The average Bonchev–Trinajstić information content (AvgIpc) is 2.53. The van der Waals surface area contributed by atoms with E-state index in [0.29, 0.717) is 6.04 Å². The standard InChI is InChI=1S/C17H24N2O2/c20-19(21)17-7-3-4-13(10-17)12-18-16-9-8-14-5-1-2-6-15(14)11-16/h3-4,7,10,14-16,18H,1-2,5-6,8-9,11-12H2. The van der Waals surface area contributed by atoms with Crippen LogP contribution in [0.1, 0.15) is 50.5 Å². The van der Waals surface area contributed by atoms with E-state index < -0.39 is 0 Å². The molecule has 0 saturated heterocycles. The Labute approximate surface area is 126 Å². The van der Waals surface area contributed by atoms with Crippen molar-refractivity contribution in [1.82, 2.24) is 5.32 Å². The molecule has 2 saturated carbocycles. The van der Waals surface area contributed by atoms with Crippen molar-refractivity contribution < 1.29 is 4.92 Å². The highest BCUT2D eigenvalue weighted by Crippen LogP contribution is 2.40. The number of nitro groups is 1. The van der Waals surface area contributed by atoms with E-state index in [1.165, 1.54) is 44.9 Å². The normalized spacial score (nSPS) is 28.9. The second kappa shape index (κ2) is 6.56. The van der Waals surface area contributed by atoms with Crippen molar-refractivity contribution in [3.63, 3.8) is 0 Å². The summed E-state index contributed by atoms with van der Waals surface area (Å²) in [6.07, 6.45) is 9.57. The first-order valence-electron chi connectivity index (χ1n) is 8.19. The molecule has 2 aliphatic carbocycles. The van der Waals surface area contributed by atoms with Gasteiger partial charge < -0.3 is 5.32 Å². The van der Waals surface area contributed by atoms with Crippen LogP contribution in [0, 0.1) is 22.0 Å². The minimum atomic E-state index is -0.323. The largest absolute Gasteiger partial charge is 0.310 e. The van der Waals surface area contributed by atoms with Crippen LogP contribution in [0.15, 0.2) is 24.3 Å². The van der Waals surface area contributed by atoms with Gasteiger partial charge in [-0.3, -0.25) is 10.1 Å². The number of nitrogens with zero attached hydrogens (tertiary/aromatic N) is 1. The van der Waals surface area contributed by atoms with Gasteiger partial charge in [-0.1, -0.05) is 37.8 Å². The molecular formula is C17H24N2O2. The van der Waals surface area contributed by atoms with Gasteiger partial charge in [-0.25, -0.2) is 0 Å². The van der Waals surface area contributed by atoms with E-state index in [1.807, 2.05) is 6.07 Å². The summed E-state index contributed by atoms with van der Waals surface area (Å²) in [6.45, 7) is 0.740. The molecule has 3 unspecified atom stereocenters. The lowest BCUT2D eigenvalue weighted by molar-refractivity contribution is -0.384. The zero-order chi connectivity index (χ0) is 14.7. The topological polar surface area (TPSA) is 55.2 Å². The van der Waals surface area contributed by atoms with Crippen LogP contribution in [0.4, 0.5) is 5.69 Å². The van der Waals surface area contributed by atoms with E-state index in [1.54, 1.807) is 18.2 Å². The van der Waals surface area contributed by atoms with E-state index in [-0.39, 0.29) is 10.6 Å². The molecule has 1 aromatic rings. The summed E-state index contributed by atoms with van der Waals surface area (Å²) in [5.74, 6) is 1.88. The number of fused-ring (bicyclic) bond motifs is 1. The fourth-order valence-corrected chi connectivity index (χ4v) is 4.10. The lowest BCUT2D eigenvalue weighted by atomic mass is 9.69. The van der Waals surface area contributed by atoms with Crippen molar-refractivity contribution in [1.29, 1.82) is 0 Å². The van der Waals surface area contributed by atoms with Gasteiger partial charge in [-0.05, 0) is 36.7 Å². The zero-order valence-electron chi connectivity index (χ0n) is 12.5. The van der Waals surface area contributed by atoms with Crippen LogP contribution in [-0.4, -0.2) is 11.0 Å². The number of non-ortho nitro benzene ring substituents is 1. The Balaban J connectivity index is 1.53. The van der Waals surface area contributed by atoms with Crippen molar-refractivity contribution in [2.75, 3.05) is 0 Å². The van der Waals surface area contributed by atoms with E-state index >= 15 is 0 Å². The van der Waals surface area contributed by atoms with E-state index in [9.17, 15) is 10.1 Å². The predicted molar refractivity (Wildman–Crippen MR) is 83.0 cm³/mol. The molecule has 0 heterocycles. The van der Waals surface area contributed by atoms with Crippen LogP contribution < -0.4 is 5.32 Å². The first-order valence-corrected chi connectivity index (χ1v) is 8.19. The molecule has 0 radical (unpaired) electrons. The number of rotatable bonds is 4. The highest BCUT2D eigenvalue weighted by atomic mass is 16.6. The van der Waals surface area contributed by atoms with Gasteiger partial charge in [0.2, 0.25) is 0 Å². The first kappa shape index (κ1) is 14.5. The molecule has 114 valence electrons. The highest BCUT2D eigenvalue weighted by molar-refractivity contribution is 5.34. The van der Waals surface area contributed by atoms with Crippen molar-refractivity contribution in [2.45, 2.75) is 57.5 Å². The van der Waals surface area contributed by atoms with Crippen molar-refractivity contribution in [3.8, 4) is 0 Å². The lowest BCUT2D eigenvalue weighted by Gasteiger charge is -2.39. The van der Waals surface area contributed by atoms with Gasteiger partial charge >= 0.3 is 0 Å². The molecule has 2 aliphatic rings. The molecule has 0 bridgehead atoms. The van der Waals surface area contributed by atoms with Crippen molar-refractivity contribution in [2.24, 2.45) is 11.8 Å². The van der Waals surface area contributed by atoms with Crippen LogP contribution in [0.2, 0.25) is 0 Å². The summed E-state index contributed by atoms with van der Waals surface area (Å²) in [4.78, 5) is 10.5. The highest BCUT2D eigenvalue weighted by Gasteiger charge is 2.31. The fraction of sp³-hybridized carbons (Fsp3) is 0.647. The molecule has 21 heavy (non-hydrogen) atoms. The van der Waals surface area contributed by atoms with Crippen LogP contribution in [-0.2, 0) is 6.54 Å². The number of hydrogen-bond donors (Lipinski definition) is 1. The molecule has 0 aliphatic heterocycles. The quantitative estimate of drug-likeness (QED) is 0.672. The molecule has 3 rings (SSSR count). The van der Waals surface area contributed by atoms with Crippen molar-refractivity contribution in [3.05, 3.63) is 39.9 Å². The average molecular weight is 288 g/mol. The molecule has 0 spiro atoms. The second-order valence-corrected chi connectivity index (χ2v) is 6.62. The smallest absolute Gasteiger partial charge is 0.269 e. The number of nitro benzene ring substituents is 1. The summed E-state index contributed by atoms with van der Waals surface area (Å²) >= 11 is 0. The summed E-state index contributed by atoms with van der Waals surface area (Å²) in [6, 6.07) is 7.55. The summed E-state index contributed by atoms with van der Waals surface area (Å²) in [5, 5.41) is 14.4. The third-order valence-corrected chi connectivity index (χ3v) is 5.26. The Kier molecular flexibility index (Phi) is 4.54. The van der Waals surface area contributed by atoms with E-state index in [2.05, 4.69) is 5.32 Å². The van der Waals surface area contributed by atoms with Crippen LogP contribution >= 0.6 is 0 Å². The maximum atomic E-state index is 10.8. The molecule has 0 aromatic heterocycles. The molecule has 0 amide bonds. The Hall–Kier alpha value is -1.42. The second-order valence-electron chi connectivity index (χ2n) is 6.62. The van der Waals surface area contributed by atoms with Crippen molar-refractivity contribution >= 4 is 5.69 Å². The van der Waals surface area contributed by atoms with Crippen LogP contribution in [0.5, 0.6) is 0 Å². The SMILES string of the molecule is O=[N+]([O-])c1cccc(CNC2CCC3CCCCC3C2)c1. The van der Waals surface area contributed by atoms with Gasteiger partial charge in [0, 0.05) is 24.7 Å². The summed E-state index contributed by atoms with van der Waals surface area (Å²) in [5.41, 5.74) is 1.19. The number of nitrogens with one attached hydrogen (secondary N) is 1. The maximum absolute atomic E-state index is 10.8. The number of hydrogen-bond acceptors (Lipinski definition) is 3. The minimum Gasteiger partial charge on any atom is -0.310 e. The Morgan fingerprint density at radius 3 is 2.76 bits per heavy atom. The predicted octanol–water partition coefficient (Wildman–Crippen LogP) is 4.04. The molecule has 1 N–H and O–H groups in total. The third-order valence-electron chi connectivity index (χ3n) is 5.26. The van der Waals surface area contributed by atoms with Gasteiger partial charge in [0.1, 0.15) is 0 Å². The van der Waals surface area contributed by atoms with Gasteiger partial charge in [-0.15, -0.1) is 0 Å². The van der Waals surface area contributed by atoms with Gasteiger partial charge in [0.05, 0.1) is 4.92 Å². The molecule has 3 atom stereocenters. The monoisotopic (exact) mass is 288 g/mol. The van der Waals surface area contributed by atoms with Gasteiger partial charge in [0.15, 0.2) is 0 Å². The first-order chi connectivity index (χ1) is 10.2. The number of benzene rings is 1. The Morgan fingerprint density at radius 1 is 1.14 bits per heavy atom. The van der Waals surface area contributed by atoms with E-state index in [0.717, 1.165) is 23.9 Å². The Bertz CT molecular complexity index is 503. The molecular weight excluding hydrogens is 264 g/mol. The molecule has 4 heteroatoms. The van der Waals surface area contributed by atoms with Gasteiger partial charge in [0.25, 0.3) is 5.69 Å². The Morgan fingerprint density at radius 2 is 1.95 bits per heavy atom. The van der Waals surface area contributed by atoms with E-state index in [4.69, 9.17) is 0 Å². The van der Waals surface area contributed by atoms with Gasteiger partial charge in [-0.2, -0.15) is 0 Å². The third kappa shape index (κ3) is 3.62. The lowest BCUT2D eigenvalue weighted by Crippen LogP contribution is -2.38. The zero-order valence-corrected chi connectivity index (χ0v) is 12.5. The molecule has 2 fully saturated rings. The fourth-order valence-electron chi connectivity index (χ4n) is 4.10. The molecule has 1 aromatic carbocycles. The van der Waals surface area contributed by atoms with Crippen LogP contribution in [0.3, 0.4) is 0 Å². The minimum absolute atomic E-state index is 0.185. The molecule has 4 nitrogen and oxygen atoms in total.